The first kappa shape index (κ1) is 17.2. The fraction of sp³-hybridized carbons (Fsp3) is 0.353. The van der Waals surface area contributed by atoms with Crippen LogP contribution in [0.15, 0.2) is 48.8 Å². The number of nitrogens with one attached hydrogen (secondary N) is 1. The lowest BCUT2D eigenvalue weighted by molar-refractivity contribution is 0.0995. The normalized spacial score (nSPS) is 13.5. The number of aliphatic hydroxyl groups excluding tert-OH is 2. The summed E-state index contributed by atoms with van der Waals surface area (Å²) >= 11 is 0. The Morgan fingerprint density at radius 1 is 1.17 bits per heavy atom. The molecule has 0 aliphatic heterocycles. The van der Waals surface area contributed by atoms with E-state index in [9.17, 15) is 15.3 Å². The van der Waals surface area contributed by atoms with E-state index >= 15 is 0 Å². The summed E-state index contributed by atoms with van der Waals surface area (Å²) in [6.07, 6.45) is 3.15. The SMILES string of the molecule is OC[C@H](Cc1ccc(O)cc1)NC[C@H](O)COc1cccnc1. The van der Waals surface area contributed by atoms with Crippen molar-refractivity contribution in [2.24, 2.45) is 0 Å². The molecular weight excluding hydrogens is 296 g/mol. The van der Waals surface area contributed by atoms with Gasteiger partial charge in [0, 0.05) is 18.8 Å². The van der Waals surface area contributed by atoms with Crippen LogP contribution in [0.1, 0.15) is 5.56 Å². The number of rotatable bonds is 9. The molecule has 0 aliphatic carbocycles. The molecule has 0 spiro atoms. The van der Waals surface area contributed by atoms with Gasteiger partial charge in [-0.3, -0.25) is 4.98 Å². The highest BCUT2D eigenvalue weighted by molar-refractivity contribution is 5.26. The molecule has 0 saturated heterocycles. The fourth-order valence-electron chi connectivity index (χ4n) is 2.10. The predicted octanol–water partition coefficient (Wildman–Crippen LogP) is 0.720. The number of phenols is 1. The average Bonchev–Trinajstić information content (AvgIpc) is 2.59. The van der Waals surface area contributed by atoms with E-state index in [0.29, 0.717) is 18.7 Å². The third-order valence-electron chi connectivity index (χ3n) is 3.36. The van der Waals surface area contributed by atoms with Gasteiger partial charge in [-0.15, -0.1) is 0 Å². The van der Waals surface area contributed by atoms with Crippen molar-refractivity contribution in [3.8, 4) is 11.5 Å². The van der Waals surface area contributed by atoms with Gasteiger partial charge >= 0.3 is 0 Å². The molecule has 0 unspecified atom stereocenters. The lowest BCUT2D eigenvalue weighted by Gasteiger charge is -2.19. The summed E-state index contributed by atoms with van der Waals surface area (Å²) in [7, 11) is 0. The zero-order valence-corrected chi connectivity index (χ0v) is 12.8. The lowest BCUT2D eigenvalue weighted by Crippen LogP contribution is -2.41. The van der Waals surface area contributed by atoms with Crippen molar-refractivity contribution in [1.29, 1.82) is 0 Å². The second-order valence-corrected chi connectivity index (χ2v) is 5.31. The minimum atomic E-state index is -0.691. The van der Waals surface area contributed by atoms with E-state index < -0.39 is 6.10 Å². The number of benzene rings is 1. The second-order valence-electron chi connectivity index (χ2n) is 5.31. The maximum Gasteiger partial charge on any atom is 0.137 e. The molecule has 0 radical (unpaired) electrons. The lowest BCUT2D eigenvalue weighted by atomic mass is 10.1. The van der Waals surface area contributed by atoms with E-state index in [2.05, 4.69) is 10.3 Å². The van der Waals surface area contributed by atoms with E-state index in [1.807, 2.05) is 12.1 Å². The van der Waals surface area contributed by atoms with Gasteiger partial charge in [-0.05, 0) is 36.2 Å². The van der Waals surface area contributed by atoms with Crippen molar-refractivity contribution in [2.75, 3.05) is 19.8 Å². The molecule has 124 valence electrons. The molecule has 0 saturated carbocycles. The van der Waals surface area contributed by atoms with Gasteiger partial charge in [-0.25, -0.2) is 0 Å². The molecule has 23 heavy (non-hydrogen) atoms. The summed E-state index contributed by atoms with van der Waals surface area (Å²) < 4.78 is 5.42. The monoisotopic (exact) mass is 318 g/mol. The number of aliphatic hydroxyl groups is 2. The summed E-state index contributed by atoms with van der Waals surface area (Å²) in [5.74, 6) is 0.819. The van der Waals surface area contributed by atoms with Crippen LogP contribution in [-0.2, 0) is 6.42 Å². The summed E-state index contributed by atoms with van der Waals surface area (Å²) in [6.45, 7) is 0.413. The van der Waals surface area contributed by atoms with Crippen LogP contribution in [0, 0.1) is 0 Å². The van der Waals surface area contributed by atoms with Crippen LogP contribution in [0.4, 0.5) is 0 Å². The predicted molar refractivity (Wildman–Crippen MR) is 86.4 cm³/mol. The molecule has 2 aromatic rings. The van der Waals surface area contributed by atoms with Gasteiger partial charge < -0.3 is 25.4 Å². The minimum Gasteiger partial charge on any atom is -0.508 e. The number of nitrogens with zero attached hydrogens (tertiary/aromatic N) is 1. The van der Waals surface area contributed by atoms with Crippen molar-refractivity contribution in [1.82, 2.24) is 10.3 Å². The van der Waals surface area contributed by atoms with Gasteiger partial charge in [0.1, 0.15) is 24.2 Å². The molecule has 0 bridgehead atoms. The number of hydrogen-bond donors (Lipinski definition) is 4. The van der Waals surface area contributed by atoms with Gasteiger partial charge in [-0.2, -0.15) is 0 Å². The Morgan fingerprint density at radius 3 is 2.61 bits per heavy atom. The Bertz CT molecular complexity index is 563. The largest absolute Gasteiger partial charge is 0.508 e. The first-order valence-electron chi connectivity index (χ1n) is 7.50. The maximum absolute atomic E-state index is 9.93. The molecule has 1 heterocycles. The van der Waals surface area contributed by atoms with Gasteiger partial charge in [-0.1, -0.05) is 12.1 Å². The zero-order chi connectivity index (χ0) is 16.5. The zero-order valence-electron chi connectivity index (χ0n) is 12.8. The van der Waals surface area contributed by atoms with Crippen LogP contribution in [0.3, 0.4) is 0 Å². The third-order valence-corrected chi connectivity index (χ3v) is 3.36. The Balaban J connectivity index is 1.72. The molecule has 0 amide bonds. The summed E-state index contributed by atoms with van der Waals surface area (Å²) in [5, 5.41) is 31.7. The molecule has 0 fully saturated rings. The molecule has 2 rings (SSSR count). The van der Waals surface area contributed by atoms with Crippen LogP contribution < -0.4 is 10.1 Å². The molecule has 0 aliphatic rings. The highest BCUT2D eigenvalue weighted by atomic mass is 16.5. The first-order chi connectivity index (χ1) is 11.2. The van der Waals surface area contributed by atoms with E-state index in [1.54, 1.807) is 36.7 Å². The van der Waals surface area contributed by atoms with Crippen molar-refractivity contribution >= 4 is 0 Å². The number of aromatic hydroxyl groups is 1. The van der Waals surface area contributed by atoms with Crippen molar-refractivity contribution in [2.45, 2.75) is 18.6 Å². The number of ether oxygens (including phenoxy) is 1. The summed E-state index contributed by atoms with van der Waals surface area (Å²) in [4.78, 5) is 3.93. The number of hydrogen-bond acceptors (Lipinski definition) is 6. The second kappa shape index (κ2) is 9.09. The highest BCUT2D eigenvalue weighted by Gasteiger charge is 2.12. The van der Waals surface area contributed by atoms with Crippen LogP contribution in [0.25, 0.3) is 0 Å². The number of aromatic nitrogens is 1. The van der Waals surface area contributed by atoms with E-state index in [-0.39, 0.29) is 25.0 Å². The van der Waals surface area contributed by atoms with Crippen LogP contribution in [0.5, 0.6) is 11.5 Å². The third kappa shape index (κ3) is 6.23. The summed E-state index contributed by atoms with van der Waals surface area (Å²) in [5.41, 5.74) is 0.996. The number of phenolic OH excluding ortho intramolecular Hbond substituents is 1. The minimum absolute atomic E-state index is 0.0446. The molecular formula is C17H22N2O4. The first-order valence-corrected chi connectivity index (χ1v) is 7.50. The molecule has 2 atom stereocenters. The smallest absolute Gasteiger partial charge is 0.137 e. The van der Waals surface area contributed by atoms with Crippen LogP contribution in [-0.4, -0.2) is 52.2 Å². The van der Waals surface area contributed by atoms with Crippen LogP contribution in [0.2, 0.25) is 0 Å². The van der Waals surface area contributed by atoms with E-state index in [1.165, 1.54) is 0 Å². The van der Waals surface area contributed by atoms with Gasteiger partial charge in [0.05, 0.1) is 12.8 Å². The van der Waals surface area contributed by atoms with Crippen molar-refractivity contribution < 1.29 is 20.1 Å². The molecule has 1 aromatic carbocycles. The molecule has 4 N–H and O–H groups in total. The molecule has 6 nitrogen and oxygen atoms in total. The maximum atomic E-state index is 9.93. The Kier molecular flexibility index (Phi) is 6.80. The Labute approximate surface area is 135 Å². The Morgan fingerprint density at radius 2 is 1.96 bits per heavy atom. The quantitative estimate of drug-likeness (QED) is 0.544. The standard InChI is InChI=1S/C17H22N2O4/c20-11-14(8-13-3-5-15(21)6-4-13)19-9-16(22)12-23-17-2-1-7-18-10-17/h1-7,10,14,16,19-22H,8-9,11-12H2/t14-,16-/m0/s1. The van der Waals surface area contributed by atoms with E-state index in [0.717, 1.165) is 5.56 Å². The van der Waals surface area contributed by atoms with Gasteiger partial charge in [0.15, 0.2) is 0 Å². The van der Waals surface area contributed by atoms with Crippen LogP contribution >= 0.6 is 0 Å². The number of pyridine rings is 1. The van der Waals surface area contributed by atoms with Crippen molar-refractivity contribution in [3.05, 3.63) is 54.4 Å². The van der Waals surface area contributed by atoms with E-state index in [4.69, 9.17) is 4.74 Å². The van der Waals surface area contributed by atoms with Gasteiger partial charge in [0.25, 0.3) is 0 Å². The molecule has 1 aromatic heterocycles. The average molecular weight is 318 g/mol. The Hall–Kier alpha value is -2.15. The van der Waals surface area contributed by atoms with Crippen molar-refractivity contribution in [3.63, 3.8) is 0 Å². The highest BCUT2D eigenvalue weighted by Crippen LogP contribution is 2.11. The fourth-order valence-corrected chi connectivity index (χ4v) is 2.10. The summed E-state index contributed by atoms with van der Waals surface area (Å²) in [6, 6.07) is 10.2. The van der Waals surface area contributed by atoms with Gasteiger partial charge in [0.2, 0.25) is 0 Å². The topological polar surface area (TPSA) is 94.8 Å². The molecule has 6 heteroatoms.